The molecule has 1 amide bonds. The Morgan fingerprint density at radius 3 is 2.62 bits per heavy atom. The number of carbonyl (C=O) groups excluding carboxylic acids is 2. The molecule has 3 aromatic rings. The van der Waals surface area contributed by atoms with E-state index in [1.165, 1.54) is 0 Å². The summed E-state index contributed by atoms with van der Waals surface area (Å²) in [6.45, 7) is 2.35. The largest absolute Gasteiger partial charge is 0.451 e. The summed E-state index contributed by atoms with van der Waals surface area (Å²) in [6.07, 6.45) is 1.73. The van der Waals surface area contributed by atoms with Gasteiger partial charge in [-0.2, -0.15) is 0 Å². The second-order valence-electron chi connectivity index (χ2n) is 7.07. The Balaban J connectivity index is 1.49. The van der Waals surface area contributed by atoms with Crippen molar-refractivity contribution in [2.24, 2.45) is 0 Å². The summed E-state index contributed by atoms with van der Waals surface area (Å²) in [4.78, 5) is 45.6. The molecule has 7 heteroatoms. The van der Waals surface area contributed by atoms with Crippen LogP contribution in [0.2, 0.25) is 0 Å². The number of carbonyl (C=O) groups is 2. The Labute approximate surface area is 167 Å². The van der Waals surface area contributed by atoms with E-state index in [4.69, 9.17) is 4.74 Å². The molecule has 7 nitrogen and oxygen atoms in total. The van der Waals surface area contributed by atoms with Crippen molar-refractivity contribution in [2.75, 3.05) is 11.4 Å². The van der Waals surface area contributed by atoms with Crippen LogP contribution in [-0.2, 0) is 9.53 Å². The zero-order valence-electron chi connectivity index (χ0n) is 16.1. The molecule has 1 atom stereocenters. The van der Waals surface area contributed by atoms with Crippen molar-refractivity contribution >= 4 is 28.5 Å². The Morgan fingerprint density at radius 2 is 1.86 bits per heavy atom. The fraction of sp³-hybridized carbons (Fsp3) is 0.273. The predicted octanol–water partition coefficient (Wildman–Crippen LogP) is 3.36. The van der Waals surface area contributed by atoms with Crippen LogP contribution < -0.4 is 10.5 Å². The molecule has 2 heterocycles. The number of para-hydroxylation sites is 1. The number of hydrogen-bond donors (Lipinski definition) is 1. The van der Waals surface area contributed by atoms with Crippen LogP contribution in [0.4, 0.5) is 5.69 Å². The van der Waals surface area contributed by atoms with Crippen molar-refractivity contribution in [2.45, 2.75) is 32.3 Å². The van der Waals surface area contributed by atoms with E-state index in [9.17, 15) is 14.4 Å². The number of piperidine rings is 1. The summed E-state index contributed by atoms with van der Waals surface area (Å²) < 4.78 is 5.48. The van der Waals surface area contributed by atoms with E-state index in [0.29, 0.717) is 29.4 Å². The molecule has 29 heavy (non-hydrogen) atoms. The number of rotatable bonds is 4. The molecule has 0 bridgehead atoms. The van der Waals surface area contributed by atoms with Crippen molar-refractivity contribution < 1.29 is 14.3 Å². The first-order chi connectivity index (χ1) is 14.0. The summed E-state index contributed by atoms with van der Waals surface area (Å²) in [7, 11) is 0. The maximum absolute atomic E-state index is 12.5. The zero-order valence-corrected chi connectivity index (χ0v) is 16.1. The van der Waals surface area contributed by atoms with Crippen LogP contribution in [0.15, 0.2) is 53.3 Å². The van der Waals surface area contributed by atoms with Gasteiger partial charge in [0.2, 0.25) is 5.91 Å². The Bertz CT molecular complexity index is 1120. The second-order valence-corrected chi connectivity index (χ2v) is 7.07. The van der Waals surface area contributed by atoms with Gasteiger partial charge in [-0.3, -0.25) is 9.59 Å². The maximum Gasteiger partial charge on any atom is 0.338 e. The number of esters is 1. The van der Waals surface area contributed by atoms with Crippen molar-refractivity contribution in [3.63, 3.8) is 0 Å². The van der Waals surface area contributed by atoms with E-state index in [2.05, 4.69) is 9.97 Å². The normalized spacial score (nSPS) is 15.3. The van der Waals surface area contributed by atoms with Gasteiger partial charge < -0.3 is 14.6 Å². The average molecular weight is 391 g/mol. The van der Waals surface area contributed by atoms with Crippen LogP contribution in [0.3, 0.4) is 0 Å². The monoisotopic (exact) mass is 391 g/mol. The SMILES string of the molecule is CC(OC(=O)c1ccc(N2CCCCC2=O)cc1)c1nc2ccccc2c(=O)[nH]1. The predicted molar refractivity (Wildman–Crippen MR) is 109 cm³/mol. The van der Waals surface area contributed by atoms with Crippen LogP contribution >= 0.6 is 0 Å². The number of amides is 1. The minimum Gasteiger partial charge on any atom is -0.451 e. The quantitative estimate of drug-likeness (QED) is 0.689. The van der Waals surface area contributed by atoms with E-state index in [1.54, 1.807) is 60.4 Å². The maximum atomic E-state index is 12.5. The molecule has 1 saturated heterocycles. The van der Waals surface area contributed by atoms with Crippen molar-refractivity contribution in [1.82, 2.24) is 9.97 Å². The fourth-order valence-electron chi connectivity index (χ4n) is 3.44. The zero-order chi connectivity index (χ0) is 20.4. The molecule has 1 unspecified atom stereocenters. The van der Waals surface area contributed by atoms with Crippen LogP contribution in [0.5, 0.6) is 0 Å². The summed E-state index contributed by atoms with van der Waals surface area (Å²) in [6, 6.07) is 13.8. The third-order valence-electron chi connectivity index (χ3n) is 5.04. The molecule has 0 aliphatic carbocycles. The summed E-state index contributed by atoms with van der Waals surface area (Å²) >= 11 is 0. The highest BCUT2D eigenvalue weighted by molar-refractivity contribution is 5.95. The average Bonchev–Trinajstić information content (AvgIpc) is 2.74. The molecule has 1 aromatic heterocycles. The third-order valence-corrected chi connectivity index (χ3v) is 5.04. The number of fused-ring (bicyclic) bond motifs is 1. The number of ether oxygens (including phenoxy) is 1. The number of nitrogens with zero attached hydrogens (tertiary/aromatic N) is 2. The molecule has 1 N–H and O–H groups in total. The van der Waals surface area contributed by atoms with Gasteiger partial charge in [0.05, 0.1) is 16.5 Å². The topological polar surface area (TPSA) is 92.4 Å². The van der Waals surface area contributed by atoms with Gasteiger partial charge in [-0.05, 0) is 56.2 Å². The first kappa shape index (κ1) is 18.9. The minimum atomic E-state index is -0.719. The van der Waals surface area contributed by atoms with Crippen LogP contribution in [0.1, 0.15) is 48.5 Å². The highest BCUT2D eigenvalue weighted by atomic mass is 16.5. The minimum absolute atomic E-state index is 0.103. The highest BCUT2D eigenvalue weighted by Crippen LogP contribution is 2.22. The molecule has 0 saturated carbocycles. The van der Waals surface area contributed by atoms with Crippen molar-refractivity contribution in [3.05, 3.63) is 70.3 Å². The number of aromatic nitrogens is 2. The van der Waals surface area contributed by atoms with E-state index in [-0.39, 0.29) is 17.3 Å². The molecular weight excluding hydrogens is 370 g/mol. The number of anilines is 1. The van der Waals surface area contributed by atoms with Crippen molar-refractivity contribution in [1.29, 1.82) is 0 Å². The first-order valence-corrected chi connectivity index (χ1v) is 9.63. The van der Waals surface area contributed by atoms with Gasteiger partial charge in [0, 0.05) is 18.7 Å². The highest BCUT2D eigenvalue weighted by Gasteiger charge is 2.21. The Kier molecular flexibility index (Phi) is 5.12. The molecule has 2 aromatic carbocycles. The van der Waals surface area contributed by atoms with E-state index in [1.807, 2.05) is 0 Å². The number of hydrogen-bond acceptors (Lipinski definition) is 5. The first-order valence-electron chi connectivity index (χ1n) is 9.63. The standard InChI is InChI=1S/C22H21N3O4/c1-14(20-23-18-7-3-2-6-17(18)21(27)24-20)29-22(28)15-9-11-16(12-10-15)25-13-5-4-8-19(25)26/h2-3,6-7,9-12,14H,4-5,8,13H2,1H3,(H,23,24,27). The van der Waals surface area contributed by atoms with Crippen LogP contribution in [0, 0.1) is 0 Å². The number of H-pyrrole nitrogens is 1. The lowest BCUT2D eigenvalue weighted by Gasteiger charge is -2.26. The molecular formula is C22H21N3O4. The molecule has 148 valence electrons. The van der Waals surface area contributed by atoms with Gasteiger partial charge in [0.15, 0.2) is 11.9 Å². The van der Waals surface area contributed by atoms with E-state index >= 15 is 0 Å². The van der Waals surface area contributed by atoms with Gasteiger partial charge in [0.25, 0.3) is 5.56 Å². The lowest BCUT2D eigenvalue weighted by atomic mass is 10.1. The molecule has 1 aliphatic heterocycles. The van der Waals surface area contributed by atoms with Crippen LogP contribution in [0.25, 0.3) is 10.9 Å². The number of benzene rings is 2. The molecule has 4 rings (SSSR count). The summed E-state index contributed by atoms with van der Waals surface area (Å²) in [5.41, 5.74) is 1.42. The molecule has 0 radical (unpaired) electrons. The Hall–Kier alpha value is -3.48. The van der Waals surface area contributed by atoms with Gasteiger partial charge in [0.1, 0.15) is 0 Å². The third kappa shape index (κ3) is 3.89. The lowest BCUT2D eigenvalue weighted by molar-refractivity contribution is -0.119. The fourth-order valence-corrected chi connectivity index (χ4v) is 3.44. The summed E-state index contributed by atoms with van der Waals surface area (Å²) in [5.74, 6) is -0.131. The second kappa shape index (κ2) is 7.87. The Morgan fingerprint density at radius 1 is 1.10 bits per heavy atom. The number of nitrogens with one attached hydrogen (secondary N) is 1. The summed E-state index contributed by atoms with van der Waals surface area (Å²) in [5, 5.41) is 0.484. The lowest BCUT2D eigenvalue weighted by Crippen LogP contribution is -2.35. The molecule has 1 fully saturated rings. The smallest absolute Gasteiger partial charge is 0.338 e. The van der Waals surface area contributed by atoms with Crippen molar-refractivity contribution in [3.8, 4) is 0 Å². The van der Waals surface area contributed by atoms with E-state index < -0.39 is 12.1 Å². The van der Waals surface area contributed by atoms with Gasteiger partial charge in [-0.1, -0.05) is 12.1 Å². The van der Waals surface area contributed by atoms with E-state index in [0.717, 1.165) is 18.5 Å². The van der Waals surface area contributed by atoms with Crippen LogP contribution in [-0.4, -0.2) is 28.4 Å². The van der Waals surface area contributed by atoms with Gasteiger partial charge >= 0.3 is 5.97 Å². The van der Waals surface area contributed by atoms with Gasteiger partial charge in [-0.25, -0.2) is 9.78 Å². The van der Waals surface area contributed by atoms with Gasteiger partial charge in [-0.15, -0.1) is 0 Å². The molecule has 1 aliphatic rings. The number of aromatic amines is 1. The molecule has 0 spiro atoms.